The van der Waals surface area contributed by atoms with Gasteiger partial charge in [-0.1, -0.05) is 188 Å². The summed E-state index contributed by atoms with van der Waals surface area (Å²) in [6, 6.07) is 0. The van der Waals surface area contributed by atoms with Gasteiger partial charge in [0.1, 0.15) is 0 Å². The lowest BCUT2D eigenvalue weighted by molar-refractivity contribution is 0.542. The third-order valence-electron chi connectivity index (χ3n) is 6.16. The molecule has 0 rings (SSSR count). The molecule has 0 aromatic carbocycles. The lowest BCUT2D eigenvalue weighted by Crippen LogP contribution is -1.82. The monoisotopic (exact) mass is 410 g/mol. The summed E-state index contributed by atoms with van der Waals surface area (Å²) in [7, 11) is 0. The van der Waals surface area contributed by atoms with Gasteiger partial charge in [-0.2, -0.15) is 0 Å². The molecular formula is C29H62. The van der Waals surface area contributed by atoms with E-state index in [2.05, 4.69) is 27.7 Å². The van der Waals surface area contributed by atoms with Crippen LogP contribution in [0.1, 0.15) is 188 Å². The standard InChI is InChI=1S/C15H32.C14H30/c1-3-5-7-9-11-13-15-14-12-10-8-6-4-2;1-3-5-7-9-11-13-14-12-10-8-6-4-2/h3-15H2,1-2H3;3-14H2,1-2H3. The predicted molar refractivity (Wildman–Crippen MR) is 138 cm³/mol. The van der Waals surface area contributed by atoms with Crippen molar-refractivity contribution in [1.82, 2.24) is 0 Å². The maximum atomic E-state index is 2.29. The zero-order chi connectivity index (χ0) is 21.7. The Morgan fingerprint density at radius 2 is 0.276 bits per heavy atom. The van der Waals surface area contributed by atoms with Crippen molar-refractivity contribution < 1.29 is 0 Å². The molecule has 0 saturated carbocycles. The van der Waals surface area contributed by atoms with Crippen molar-refractivity contribution in [2.75, 3.05) is 0 Å². The zero-order valence-electron chi connectivity index (χ0n) is 21.7. The molecule has 0 saturated heterocycles. The fourth-order valence-corrected chi connectivity index (χ4v) is 4.01. The van der Waals surface area contributed by atoms with E-state index in [1.54, 1.807) is 0 Å². The summed E-state index contributed by atoms with van der Waals surface area (Å²) in [5, 5.41) is 0. The largest absolute Gasteiger partial charge is 0.0654 e. The lowest BCUT2D eigenvalue weighted by atomic mass is 10.1. The normalized spacial score (nSPS) is 10.8. The molecule has 0 N–H and O–H groups in total. The molecule has 0 heteroatoms. The molecule has 0 aliphatic carbocycles. The van der Waals surface area contributed by atoms with Crippen LogP contribution in [-0.2, 0) is 0 Å². The molecule has 0 amide bonds. The second-order valence-corrected chi connectivity index (χ2v) is 9.42. The van der Waals surface area contributed by atoms with Gasteiger partial charge in [-0.25, -0.2) is 0 Å². The number of unbranched alkanes of at least 4 members (excludes halogenated alkanes) is 23. The molecule has 178 valence electrons. The Bertz CT molecular complexity index is 208. The van der Waals surface area contributed by atoms with E-state index in [0.717, 1.165) is 0 Å². The molecule has 0 spiro atoms. The molecule has 0 bridgehead atoms. The van der Waals surface area contributed by atoms with Gasteiger partial charge in [0.15, 0.2) is 0 Å². The Morgan fingerprint density at radius 3 is 0.379 bits per heavy atom. The Balaban J connectivity index is 0. The zero-order valence-corrected chi connectivity index (χ0v) is 21.7. The fourth-order valence-electron chi connectivity index (χ4n) is 4.01. The highest BCUT2D eigenvalue weighted by molar-refractivity contribution is 4.48. The molecule has 0 aliphatic heterocycles. The van der Waals surface area contributed by atoms with E-state index in [9.17, 15) is 0 Å². The van der Waals surface area contributed by atoms with Gasteiger partial charge in [0.25, 0.3) is 0 Å². The molecule has 0 atom stereocenters. The van der Waals surface area contributed by atoms with Crippen molar-refractivity contribution in [3.63, 3.8) is 0 Å². The first kappa shape index (κ1) is 31.2. The molecule has 0 aromatic heterocycles. The minimum atomic E-state index is 1.37. The van der Waals surface area contributed by atoms with Gasteiger partial charge >= 0.3 is 0 Å². The Hall–Kier alpha value is 0. The molecule has 0 aliphatic rings. The minimum absolute atomic E-state index is 1.37. The highest BCUT2D eigenvalue weighted by atomic mass is 14.0. The first-order chi connectivity index (χ1) is 14.3. The van der Waals surface area contributed by atoms with Crippen LogP contribution < -0.4 is 0 Å². The molecule has 0 aromatic rings. The third-order valence-corrected chi connectivity index (χ3v) is 6.16. The minimum Gasteiger partial charge on any atom is -0.0654 e. The first-order valence-electron chi connectivity index (χ1n) is 14.3. The second-order valence-electron chi connectivity index (χ2n) is 9.42. The van der Waals surface area contributed by atoms with Crippen molar-refractivity contribution in [3.05, 3.63) is 0 Å². The average molecular weight is 411 g/mol. The highest BCUT2D eigenvalue weighted by Crippen LogP contribution is 2.13. The van der Waals surface area contributed by atoms with Gasteiger partial charge in [0, 0.05) is 0 Å². The molecular weight excluding hydrogens is 348 g/mol. The summed E-state index contributed by atoms with van der Waals surface area (Å²) in [4.78, 5) is 0. The van der Waals surface area contributed by atoms with Crippen LogP contribution in [0.5, 0.6) is 0 Å². The van der Waals surface area contributed by atoms with Crippen LogP contribution >= 0.6 is 0 Å². The maximum absolute atomic E-state index is 2.29. The Kier molecular flexibility index (Phi) is 35.1. The van der Waals surface area contributed by atoms with Gasteiger partial charge in [0.05, 0.1) is 0 Å². The van der Waals surface area contributed by atoms with Crippen molar-refractivity contribution >= 4 is 0 Å². The first-order valence-corrected chi connectivity index (χ1v) is 14.3. The van der Waals surface area contributed by atoms with Gasteiger partial charge in [-0.3, -0.25) is 0 Å². The van der Waals surface area contributed by atoms with Crippen LogP contribution in [0.3, 0.4) is 0 Å². The summed E-state index contributed by atoms with van der Waals surface area (Å²) >= 11 is 0. The summed E-state index contributed by atoms with van der Waals surface area (Å²) in [6.45, 7) is 9.15. The smallest absolute Gasteiger partial charge is 0.0533 e. The fraction of sp³-hybridized carbons (Fsp3) is 1.00. The number of hydrogen-bond donors (Lipinski definition) is 0. The molecule has 0 radical (unpaired) electrons. The van der Waals surface area contributed by atoms with Crippen LogP contribution in [0.2, 0.25) is 0 Å². The van der Waals surface area contributed by atoms with Crippen molar-refractivity contribution in [1.29, 1.82) is 0 Å². The molecule has 0 fully saturated rings. The van der Waals surface area contributed by atoms with E-state index in [-0.39, 0.29) is 0 Å². The summed E-state index contributed by atoms with van der Waals surface area (Å²) in [5.74, 6) is 0. The molecule has 29 heavy (non-hydrogen) atoms. The van der Waals surface area contributed by atoms with Crippen molar-refractivity contribution in [3.8, 4) is 0 Å². The van der Waals surface area contributed by atoms with Gasteiger partial charge in [-0.15, -0.1) is 0 Å². The molecule has 0 unspecified atom stereocenters. The van der Waals surface area contributed by atoms with Crippen LogP contribution in [0.4, 0.5) is 0 Å². The highest BCUT2D eigenvalue weighted by Gasteiger charge is 1.93. The summed E-state index contributed by atoms with van der Waals surface area (Å²) < 4.78 is 0. The third kappa shape index (κ3) is 35.8. The van der Waals surface area contributed by atoms with Crippen LogP contribution in [0.15, 0.2) is 0 Å². The lowest BCUT2D eigenvalue weighted by Gasteiger charge is -2.01. The van der Waals surface area contributed by atoms with Crippen molar-refractivity contribution in [2.24, 2.45) is 0 Å². The quantitative estimate of drug-likeness (QED) is 0.147. The number of hydrogen-bond acceptors (Lipinski definition) is 0. The van der Waals surface area contributed by atoms with Gasteiger partial charge in [0.2, 0.25) is 0 Å². The summed E-state index contributed by atoms with van der Waals surface area (Å²) in [6.07, 6.45) is 36.4. The van der Waals surface area contributed by atoms with E-state index in [4.69, 9.17) is 0 Å². The van der Waals surface area contributed by atoms with Crippen LogP contribution in [0.25, 0.3) is 0 Å². The Morgan fingerprint density at radius 1 is 0.172 bits per heavy atom. The predicted octanol–water partition coefficient (Wildman–Crippen LogP) is 11.8. The summed E-state index contributed by atoms with van der Waals surface area (Å²) in [5.41, 5.74) is 0. The van der Waals surface area contributed by atoms with Gasteiger partial charge in [-0.05, 0) is 0 Å². The Labute approximate surface area is 188 Å². The average Bonchev–Trinajstić information content (AvgIpc) is 2.74. The van der Waals surface area contributed by atoms with Crippen molar-refractivity contribution in [2.45, 2.75) is 188 Å². The van der Waals surface area contributed by atoms with E-state index in [1.807, 2.05) is 0 Å². The SMILES string of the molecule is CCCCCCCCCCCCCC.CCCCCCCCCCCCCCC. The van der Waals surface area contributed by atoms with E-state index in [1.165, 1.54) is 161 Å². The van der Waals surface area contributed by atoms with Crippen LogP contribution in [0, 0.1) is 0 Å². The molecule has 0 nitrogen and oxygen atoms in total. The van der Waals surface area contributed by atoms with Gasteiger partial charge < -0.3 is 0 Å². The molecule has 0 heterocycles. The van der Waals surface area contributed by atoms with E-state index in [0.29, 0.717) is 0 Å². The number of rotatable bonds is 23. The topological polar surface area (TPSA) is 0 Å². The van der Waals surface area contributed by atoms with E-state index < -0.39 is 0 Å². The van der Waals surface area contributed by atoms with Crippen LogP contribution in [-0.4, -0.2) is 0 Å². The van der Waals surface area contributed by atoms with E-state index >= 15 is 0 Å². The maximum Gasteiger partial charge on any atom is -0.0533 e. The second kappa shape index (κ2) is 32.7.